The van der Waals surface area contributed by atoms with E-state index in [0.29, 0.717) is 39.0 Å². The number of aromatic nitrogens is 3. The van der Waals surface area contributed by atoms with Gasteiger partial charge in [0.25, 0.3) is 0 Å². The number of benzene rings is 3. The van der Waals surface area contributed by atoms with E-state index in [1.807, 2.05) is 0 Å². The number of nitrogens with zero attached hydrogens (tertiary/aromatic N) is 3. The van der Waals surface area contributed by atoms with Gasteiger partial charge in [-0.25, -0.2) is 17.9 Å². The maximum atomic E-state index is 14.4. The molecule has 7 heteroatoms. The molecule has 0 radical (unpaired) electrons. The number of rotatable bonds is 3. The highest BCUT2D eigenvalue weighted by Gasteiger charge is 2.19. The Hall–Kier alpha value is -3.87. The van der Waals surface area contributed by atoms with Gasteiger partial charge >= 0.3 is 0 Å². The lowest BCUT2D eigenvalue weighted by molar-refractivity contribution is 0.414. The van der Waals surface area contributed by atoms with Crippen LogP contribution in [0.3, 0.4) is 0 Å². The molecule has 4 nitrogen and oxygen atoms in total. The third-order valence-electron chi connectivity index (χ3n) is 4.96. The molecule has 0 saturated carbocycles. The van der Waals surface area contributed by atoms with Gasteiger partial charge in [-0.15, -0.1) is 0 Å². The molecule has 0 spiro atoms. The first kappa shape index (κ1) is 18.2. The van der Waals surface area contributed by atoms with E-state index in [9.17, 15) is 13.2 Å². The predicted molar refractivity (Wildman–Crippen MR) is 108 cm³/mol. The van der Waals surface area contributed by atoms with E-state index < -0.39 is 11.6 Å². The van der Waals surface area contributed by atoms with E-state index in [2.05, 4.69) is 4.98 Å². The number of methoxy groups -OCH3 is 1. The van der Waals surface area contributed by atoms with Crippen molar-refractivity contribution < 1.29 is 17.9 Å². The Bertz CT molecular complexity index is 1390. The monoisotopic (exact) mass is 405 g/mol. The van der Waals surface area contributed by atoms with Gasteiger partial charge < -0.3 is 4.74 Å². The van der Waals surface area contributed by atoms with Crippen LogP contribution in [0.15, 0.2) is 66.9 Å². The van der Waals surface area contributed by atoms with Crippen molar-refractivity contribution in [3.8, 4) is 22.7 Å². The van der Waals surface area contributed by atoms with Crippen LogP contribution in [0.4, 0.5) is 13.2 Å². The summed E-state index contributed by atoms with van der Waals surface area (Å²) in [4.78, 5) is 4.20. The molecule has 5 rings (SSSR count). The van der Waals surface area contributed by atoms with Gasteiger partial charge in [-0.3, -0.25) is 4.98 Å². The summed E-state index contributed by atoms with van der Waals surface area (Å²) in [6.45, 7) is 0. The molecular weight excluding hydrogens is 391 g/mol. The van der Waals surface area contributed by atoms with Crippen molar-refractivity contribution >= 4 is 21.8 Å². The fourth-order valence-electron chi connectivity index (χ4n) is 3.55. The Morgan fingerprint density at radius 2 is 1.57 bits per heavy atom. The number of pyridine rings is 1. The van der Waals surface area contributed by atoms with Crippen molar-refractivity contribution in [3.05, 3.63) is 84.3 Å². The second-order valence-corrected chi connectivity index (χ2v) is 6.77. The molecule has 5 aromatic rings. The zero-order valence-electron chi connectivity index (χ0n) is 15.7. The smallest absolute Gasteiger partial charge is 0.152 e. The Labute approximate surface area is 169 Å². The van der Waals surface area contributed by atoms with E-state index in [1.165, 1.54) is 24.4 Å². The maximum Gasteiger partial charge on any atom is 0.152 e. The average molecular weight is 405 g/mol. The highest BCUT2D eigenvalue weighted by Crippen LogP contribution is 2.35. The summed E-state index contributed by atoms with van der Waals surface area (Å²) in [5.74, 6) is -1.17. The standard InChI is InChI=1S/C23H14F3N3O/c1-30-17-8-6-16(7-9-17)29-23-18-10-15(25)11-20(26)22(18)27-12-19(23)21(28-29)13-2-4-14(24)5-3-13/h2-12H,1H3. The lowest BCUT2D eigenvalue weighted by atomic mass is 10.1. The second kappa shape index (κ2) is 6.88. The highest BCUT2D eigenvalue weighted by molar-refractivity contribution is 6.08. The van der Waals surface area contributed by atoms with E-state index in [0.717, 1.165) is 6.07 Å². The van der Waals surface area contributed by atoms with Crippen LogP contribution in [-0.2, 0) is 0 Å². The molecule has 2 heterocycles. The van der Waals surface area contributed by atoms with Crippen LogP contribution in [0, 0.1) is 17.5 Å². The SMILES string of the molecule is COc1ccc(-n2nc(-c3ccc(F)cc3)c3cnc4c(F)cc(F)cc4c32)cc1. The molecule has 0 aliphatic heterocycles. The van der Waals surface area contributed by atoms with E-state index in [4.69, 9.17) is 9.84 Å². The van der Waals surface area contributed by atoms with Crippen LogP contribution < -0.4 is 4.74 Å². The number of ether oxygens (including phenoxy) is 1. The molecule has 0 unspecified atom stereocenters. The quantitative estimate of drug-likeness (QED) is 0.389. The highest BCUT2D eigenvalue weighted by atomic mass is 19.1. The van der Waals surface area contributed by atoms with Crippen LogP contribution in [0.25, 0.3) is 38.8 Å². The van der Waals surface area contributed by atoms with Crippen molar-refractivity contribution in [3.63, 3.8) is 0 Å². The number of halogens is 3. The Morgan fingerprint density at radius 3 is 2.27 bits per heavy atom. The molecule has 2 aromatic heterocycles. The molecule has 0 N–H and O–H groups in total. The van der Waals surface area contributed by atoms with E-state index in [1.54, 1.807) is 48.2 Å². The lowest BCUT2D eigenvalue weighted by Crippen LogP contribution is -1.98. The zero-order chi connectivity index (χ0) is 20.8. The first-order valence-electron chi connectivity index (χ1n) is 9.12. The topological polar surface area (TPSA) is 39.9 Å². The molecule has 148 valence electrons. The van der Waals surface area contributed by atoms with Crippen LogP contribution in [0.1, 0.15) is 0 Å². The van der Waals surface area contributed by atoms with Gasteiger partial charge in [0.1, 0.15) is 28.6 Å². The summed E-state index contributed by atoms with van der Waals surface area (Å²) < 4.78 is 48.7. The summed E-state index contributed by atoms with van der Waals surface area (Å²) in [6, 6.07) is 15.0. The van der Waals surface area contributed by atoms with E-state index >= 15 is 0 Å². The molecule has 0 amide bonds. The van der Waals surface area contributed by atoms with Gasteiger partial charge in [-0.2, -0.15) is 5.10 Å². The van der Waals surface area contributed by atoms with Crippen molar-refractivity contribution in [2.24, 2.45) is 0 Å². The molecule has 0 bridgehead atoms. The molecule has 0 aliphatic rings. The van der Waals surface area contributed by atoms with Gasteiger partial charge in [0.2, 0.25) is 0 Å². The third kappa shape index (κ3) is 2.86. The molecule has 0 aliphatic carbocycles. The van der Waals surface area contributed by atoms with Gasteiger partial charge in [0.05, 0.1) is 18.3 Å². The number of hydrogen-bond acceptors (Lipinski definition) is 3. The zero-order valence-corrected chi connectivity index (χ0v) is 15.7. The van der Waals surface area contributed by atoms with Crippen molar-refractivity contribution in [2.45, 2.75) is 0 Å². The minimum atomic E-state index is -0.752. The Kier molecular flexibility index (Phi) is 4.17. The first-order valence-corrected chi connectivity index (χ1v) is 9.12. The van der Waals surface area contributed by atoms with Gasteiger partial charge in [-0.1, -0.05) is 0 Å². The van der Waals surface area contributed by atoms with Gasteiger partial charge in [-0.05, 0) is 54.6 Å². The number of hydrogen-bond donors (Lipinski definition) is 0. The largest absolute Gasteiger partial charge is 0.497 e. The summed E-state index contributed by atoms with van der Waals surface area (Å²) in [7, 11) is 1.57. The molecular formula is C23H14F3N3O. The fourth-order valence-corrected chi connectivity index (χ4v) is 3.55. The predicted octanol–water partition coefficient (Wildman–Crippen LogP) is 5.67. The maximum absolute atomic E-state index is 14.4. The average Bonchev–Trinajstić information content (AvgIpc) is 3.14. The summed E-state index contributed by atoms with van der Waals surface area (Å²) in [5, 5.41) is 5.58. The normalized spacial score (nSPS) is 11.3. The van der Waals surface area contributed by atoms with Crippen LogP contribution >= 0.6 is 0 Å². The second-order valence-electron chi connectivity index (χ2n) is 6.77. The van der Waals surface area contributed by atoms with Crippen LogP contribution in [0.2, 0.25) is 0 Å². The van der Waals surface area contributed by atoms with Crippen LogP contribution in [-0.4, -0.2) is 21.9 Å². The summed E-state index contributed by atoms with van der Waals surface area (Å²) in [5.41, 5.74) is 2.41. The van der Waals surface area contributed by atoms with Gasteiger partial charge in [0, 0.05) is 28.6 Å². The minimum Gasteiger partial charge on any atom is -0.497 e. The first-order chi connectivity index (χ1) is 14.5. The minimum absolute atomic E-state index is 0.0456. The third-order valence-corrected chi connectivity index (χ3v) is 4.96. The van der Waals surface area contributed by atoms with E-state index in [-0.39, 0.29) is 11.3 Å². The molecule has 0 atom stereocenters. The molecule has 3 aromatic carbocycles. The fraction of sp³-hybridized carbons (Fsp3) is 0.0435. The van der Waals surface area contributed by atoms with Gasteiger partial charge in [0.15, 0.2) is 5.82 Å². The number of fused-ring (bicyclic) bond motifs is 3. The van der Waals surface area contributed by atoms with Crippen molar-refractivity contribution in [2.75, 3.05) is 7.11 Å². The van der Waals surface area contributed by atoms with Crippen molar-refractivity contribution in [1.29, 1.82) is 0 Å². The lowest BCUT2D eigenvalue weighted by Gasteiger charge is -2.07. The van der Waals surface area contributed by atoms with Crippen molar-refractivity contribution in [1.82, 2.24) is 14.8 Å². The molecule has 0 fully saturated rings. The molecule has 0 saturated heterocycles. The van der Waals surface area contributed by atoms with Crippen LogP contribution in [0.5, 0.6) is 5.75 Å². The molecule has 30 heavy (non-hydrogen) atoms. The Morgan fingerprint density at radius 1 is 0.833 bits per heavy atom. The Balaban J connectivity index is 1.88. The summed E-state index contributed by atoms with van der Waals surface area (Å²) in [6.07, 6.45) is 1.50. The summed E-state index contributed by atoms with van der Waals surface area (Å²) >= 11 is 0.